The number of ether oxygens (including phenoxy) is 1. The minimum Gasteiger partial charge on any atom is -0.392 e. The molecule has 0 spiro atoms. The van der Waals surface area contributed by atoms with E-state index in [2.05, 4.69) is 0 Å². The third-order valence-electron chi connectivity index (χ3n) is 4.26. The highest BCUT2D eigenvalue weighted by atomic mass is 19.4. The van der Waals surface area contributed by atoms with Crippen molar-refractivity contribution in [2.45, 2.75) is 54.7 Å². The minimum atomic E-state index is -7.79. The standard InChI is InChI=1S/C14H16F13NO2/c15-9(16,5-8(29)6-28-1-3-30-4-2-28)7-10(17,18)12(20,21)11(19,13(22,23)24)14(25,26)27/h8,29H,1-7H2. The van der Waals surface area contributed by atoms with Gasteiger partial charge in [0.2, 0.25) is 0 Å². The van der Waals surface area contributed by atoms with Gasteiger partial charge in [0.1, 0.15) is 0 Å². The minimum absolute atomic E-state index is 0.123. The van der Waals surface area contributed by atoms with Crippen LogP contribution >= 0.6 is 0 Å². The molecule has 1 unspecified atom stereocenters. The van der Waals surface area contributed by atoms with E-state index in [-0.39, 0.29) is 26.3 Å². The molecule has 1 saturated heterocycles. The summed E-state index contributed by atoms with van der Waals surface area (Å²) in [5.74, 6) is -19.5. The molecule has 180 valence electrons. The summed E-state index contributed by atoms with van der Waals surface area (Å²) in [6, 6.07) is 0. The average molecular weight is 477 g/mol. The van der Waals surface area contributed by atoms with Gasteiger partial charge < -0.3 is 9.84 Å². The Kier molecular flexibility index (Phi) is 7.64. The van der Waals surface area contributed by atoms with Crippen molar-refractivity contribution in [1.29, 1.82) is 0 Å². The number of hydrogen-bond acceptors (Lipinski definition) is 3. The van der Waals surface area contributed by atoms with Crippen molar-refractivity contribution >= 4 is 0 Å². The number of rotatable bonds is 8. The SMILES string of the molecule is OC(CN1CCOCC1)CC(F)(F)CC(F)(F)C(F)(F)C(F)(C(F)(F)F)C(F)(F)F. The molecular formula is C14H16F13NO2. The molecule has 1 N–H and O–H groups in total. The summed E-state index contributed by atoms with van der Waals surface area (Å²) >= 11 is 0. The Balaban J connectivity index is 3.04. The third kappa shape index (κ3) is 5.41. The van der Waals surface area contributed by atoms with Crippen molar-refractivity contribution in [2.24, 2.45) is 0 Å². The molecule has 1 atom stereocenters. The fraction of sp³-hybridized carbons (Fsp3) is 1.00. The second kappa shape index (κ2) is 8.48. The quantitative estimate of drug-likeness (QED) is 0.533. The zero-order chi connectivity index (χ0) is 23.8. The van der Waals surface area contributed by atoms with Gasteiger partial charge in [0, 0.05) is 26.1 Å². The lowest BCUT2D eigenvalue weighted by molar-refractivity contribution is -0.429. The molecule has 0 radical (unpaired) electrons. The summed E-state index contributed by atoms with van der Waals surface area (Å²) < 4.78 is 174. The first-order valence-electron chi connectivity index (χ1n) is 8.12. The van der Waals surface area contributed by atoms with E-state index in [0.717, 1.165) is 0 Å². The maximum absolute atomic E-state index is 13.7. The summed E-state index contributed by atoms with van der Waals surface area (Å²) in [6.45, 7) is -0.0857. The molecule has 0 aromatic heterocycles. The van der Waals surface area contributed by atoms with Gasteiger partial charge >= 0.3 is 29.9 Å². The molecule has 0 amide bonds. The maximum Gasteiger partial charge on any atom is 0.438 e. The summed E-state index contributed by atoms with van der Waals surface area (Å²) in [7, 11) is 0. The molecule has 30 heavy (non-hydrogen) atoms. The van der Waals surface area contributed by atoms with Crippen LogP contribution < -0.4 is 0 Å². The highest BCUT2D eigenvalue weighted by molar-refractivity contribution is 5.11. The van der Waals surface area contributed by atoms with Gasteiger partial charge in [-0.2, -0.15) is 43.9 Å². The van der Waals surface area contributed by atoms with E-state index >= 15 is 0 Å². The van der Waals surface area contributed by atoms with Gasteiger partial charge in [0.05, 0.1) is 25.7 Å². The molecule has 0 aliphatic carbocycles. The van der Waals surface area contributed by atoms with E-state index in [0.29, 0.717) is 0 Å². The second-order valence-corrected chi connectivity index (χ2v) is 6.74. The predicted molar refractivity (Wildman–Crippen MR) is 73.3 cm³/mol. The Bertz CT molecular complexity index is 555. The average Bonchev–Trinajstić information content (AvgIpc) is 2.50. The molecule has 1 heterocycles. The maximum atomic E-state index is 13.7. The van der Waals surface area contributed by atoms with E-state index in [1.54, 1.807) is 0 Å². The number of β-amino-alcohol motifs (C(OH)–C–C–N with tert-alkyl or cyclic N) is 1. The van der Waals surface area contributed by atoms with Crippen LogP contribution in [0, 0.1) is 0 Å². The Morgan fingerprint density at radius 3 is 1.60 bits per heavy atom. The van der Waals surface area contributed by atoms with Gasteiger partial charge in [-0.05, 0) is 0 Å². The van der Waals surface area contributed by atoms with Gasteiger partial charge in [-0.3, -0.25) is 4.90 Å². The highest BCUT2D eigenvalue weighted by Crippen LogP contribution is 2.60. The molecule has 0 aromatic rings. The number of morpholine rings is 1. The van der Waals surface area contributed by atoms with E-state index in [9.17, 15) is 62.2 Å². The largest absolute Gasteiger partial charge is 0.438 e. The Hall–Kier alpha value is -1.03. The fourth-order valence-electron chi connectivity index (χ4n) is 2.77. The van der Waals surface area contributed by atoms with Crippen molar-refractivity contribution in [3.8, 4) is 0 Å². The molecule has 1 aliphatic rings. The smallest absolute Gasteiger partial charge is 0.392 e. The van der Waals surface area contributed by atoms with Crippen molar-refractivity contribution < 1.29 is 66.9 Å². The van der Waals surface area contributed by atoms with Gasteiger partial charge in [-0.1, -0.05) is 0 Å². The highest BCUT2D eigenvalue weighted by Gasteiger charge is 2.90. The molecule has 0 aromatic carbocycles. The third-order valence-corrected chi connectivity index (χ3v) is 4.26. The van der Waals surface area contributed by atoms with Crippen molar-refractivity contribution in [3.05, 3.63) is 0 Å². The van der Waals surface area contributed by atoms with Crippen molar-refractivity contribution in [3.63, 3.8) is 0 Å². The van der Waals surface area contributed by atoms with Crippen molar-refractivity contribution in [2.75, 3.05) is 32.8 Å². The predicted octanol–water partition coefficient (Wildman–Crippen LogP) is 4.20. The molecule has 0 bridgehead atoms. The van der Waals surface area contributed by atoms with Crippen molar-refractivity contribution in [1.82, 2.24) is 4.90 Å². The van der Waals surface area contributed by atoms with Crippen LogP contribution in [0.4, 0.5) is 57.1 Å². The Morgan fingerprint density at radius 2 is 1.20 bits per heavy atom. The lowest BCUT2D eigenvalue weighted by atomic mass is 9.87. The first-order chi connectivity index (χ1) is 13.2. The summed E-state index contributed by atoms with van der Waals surface area (Å²) in [6.07, 6.45) is -22.9. The monoisotopic (exact) mass is 477 g/mol. The number of aliphatic hydroxyl groups excluding tert-OH is 1. The number of hydrogen-bond donors (Lipinski definition) is 1. The van der Waals surface area contributed by atoms with Crippen LogP contribution in [-0.4, -0.2) is 84.7 Å². The van der Waals surface area contributed by atoms with Gasteiger partial charge in [-0.25, -0.2) is 13.2 Å². The normalized spacial score (nSPS) is 19.8. The zero-order valence-corrected chi connectivity index (χ0v) is 14.7. The molecule has 0 saturated carbocycles. The zero-order valence-electron chi connectivity index (χ0n) is 14.7. The summed E-state index contributed by atoms with van der Waals surface area (Å²) in [5.41, 5.74) is -7.79. The summed E-state index contributed by atoms with van der Waals surface area (Å²) in [5, 5.41) is 9.53. The van der Waals surface area contributed by atoms with E-state index in [4.69, 9.17) is 4.74 Å². The van der Waals surface area contributed by atoms with Crippen LogP contribution in [0.3, 0.4) is 0 Å². The topological polar surface area (TPSA) is 32.7 Å². The number of halogens is 13. The Labute approximate surface area is 160 Å². The van der Waals surface area contributed by atoms with E-state index in [1.165, 1.54) is 4.90 Å². The van der Waals surface area contributed by atoms with E-state index < -0.39 is 61.3 Å². The first-order valence-corrected chi connectivity index (χ1v) is 8.12. The number of alkyl halides is 13. The van der Waals surface area contributed by atoms with E-state index in [1.807, 2.05) is 0 Å². The van der Waals surface area contributed by atoms with Crippen LogP contribution in [0.2, 0.25) is 0 Å². The molecule has 1 rings (SSSR count). The Morgan fingerprint density at radius 1 is 0.767 bits per heavy atom. The molecular weight excluding hydrogens is 461 g/mol. The molecule has 16 heteroatoms. The van der Waals surface area contributed by atoms with Gasteiger partial charge in [0.25, 0.3) is 5.92 Å². The number of aliphatic hydroxyl groups is 1. The lowest BCUT2D eigenvalue weighted by Gasteiger charge is -2.40. The first kappa shape index (κ1) is 27.0. The van der Waals surface area contributed by atoms with Gasteiger partial charge in [0.15, 0.2) is 0 Å². The van der Waals surface area contributed by atoms with Crippen LogP contribution in [0.15, 0.2) is 0 Å². The molecule has 1 aliphatic heterocycles. The summed E-state index contributed by atoms with van der Waals surface area (Å²) in [4.78, 5) is 1.32. The van der Waals surface area contributed by atoms with Crippen LogP contribution in [-0.2, 0) is 4.74 Å². The van der Waals surface area contributed by atoms with Crippen LogP contribution in [0.5, 0.6) is 0 Å². The second-order valence-electron chi connectivity index (χ2n) is 6.74. The van der Waals surface area contributed by atoms with Gasteiger partial charge in [-0.15, -0.1) is 0 Å². The molecule has 3 nitrogen and oxygen atoms in total. The lowest BCUT2D eigenvalue weighted by Crippen LogP contribution is -2.70. The van der Waals surface area contributed by atoms with Crippen LogP contribution in [0.1, 0.15) is 12.8 Å². The van der Waals surface area contributed by atoms with Crippen LogP contribution in [0.25, 0.3) is 0 Å². The fourth-order valence-corrected chi connectivity index (χ4v) is 2.77. The number of nitrogens with zero attached hydrogens (tertiary/aromatic N) is 1. The molecule has 1 fully saturated rings.